The Kier molecular flexibility index (Phi) is 3.38. The van der Waals surface area contributed by atoms with Gasteiger partial charge in [0.2, 0.25) is 0 Å². The lowest BCUT2D eigenvalue weighted by Gasteiger charge is -2.31. The Bertz CT molecular complexity index is 307. The van der Waals surface area contributed by atoms with Crippen molar-refractivity contribution in [3.05, 3.63) is 18.2 Å². The molecule has 0 radical (unpaired) electrons. The third-order valence-electron chi connectivity index (χ3n) is 3.14. The van der Waals surface area contributed by atoms with Crippen LogP contribution in [0.1, 0.15) is 24.6 Å². The first kappa shape index (κ1) is 10.6. The van der Waals surface area contributed by atoms with Gasteiger partial charge >= 0.3 is 0 Å². The minimum atomic E-state index is 0.591. The van der Waals surface area contributed by atoms with E-state index < -0.39 is 0 Å². The van der Waals surface area contributed by atoms with E-state index in [1.165, 1.54) is 25.1 Å². The van der Waals surface area contributed by atoms with Gasteiger partial charge in [0.05, 0.1) is 6.33 Å². The van der Waals surface area contributed by atoms with Crippen LogP contribution in [0.3, 0.4) is 0 Å². The topological polar surface area (TPSA) is 47.1 Å². The number of aromatic nitrogens is 2. The second kappa shape index (κ2) is 4.77. The highest BCUT2D eigenvalue weighted by Crippen LogP contribution is 2.21. The van der Waals surface area contributed by atoms with Crippen molar-refractivity contribution in [2.45, 2.75) is 25.3 Å². The van der Waals surface area contributed by atoms with Crippen LogP contribution in [0.15, 0.2) is 12.5 Å². The van der Waals surface area contributed by atoms with Crippen molar-refractivity contribution in [2.75, 3.05) is 26.7 Å². The maximum Gasteiger partial charge on any atom is 0.0951 e. The molecule has 1 aromatic heterocycles. The lowest BCUT2D eigenvalue weighted by atomic mass is 10.1. The summed E-state index contributed by atoms with van der Waals surface area (Å²) < 4.78 is 2.31. The van der Waals surface area contributed by atoms with Gasteiger partial charge in [-0.05, 0) is 33.0 Å². The number of nitrogens with zero attached hydrogens (tertiary/aromatic N) is 3. The third kappa shape index (κ3) is 2.38. The molecule has 1 fully saturated rings. The molecule has 1 atom stereocenters. The zero-order valence-corrected chi connectivity index (χ0v) is 9.39. The largest absolute Gasteiger partial charge is 0.330 e. The second-order valence-corrected chi connectivity index (χ2v) is 4.39. The van der Waals surface area contributed by atoms with Crippen molar-refractivity contribution in [3.8, 4) is 0 Å². The average molecular weight is 208 g/mol. The first-order valence-electron chi connectivity index (χ1n) is 5.70. The lowest BCUT2D eigenvalue weighted by molar-refractivity contribution is 0.210. The molecule has 1 aliphatic rings. The number of likely N-dealkylation sites (N-methyl/N-ethyl adjacent to an activating group) is 1. The fourth-order valence-electron chi connectivity index (χ4n) is 2.37. The van der Waals surface area contributed by atoms with Gasteiger partial charge < -0.3 is 15.2 Å². The van der Waals surface area contributed by atoms with Gasteiger partial charge in [-0.1, -0.05) is 0 Å². The molecule has 84 valence electrons. The molecule has 1 unspecified atom stereocenters. The zero-order chi connectivity index (χ0) is 10.7. The second-order valence-electron chi connectivity index (χ2n) is 4.39. The van der Waals surface area contributed by atoms with Gasteiger partial charge in [-0.25, -0.2) is 4.98 Å². The lowest BCUT2D eigenvalue weighted by Crippen LogP contribution is -2.34. The Labute approximate surface area is 91.1 Å². The Morgan fingerprint density at radius 1 is 1.60 bits per heavy atom. The van der Waals surface area contributed by atoms with Gasteiger partial charge in [0.15, 0.2) is 0 Å². The molecule has 0 bridgehead atoms. The van der Waals surface area contributed by atoms with E-state index in [9.17, 15) is 0 Å². The Morgan fingerprint density at radius 2 is 2.47 bits per heavy atom. The molecule has 0 spiro atoms. The predicted molar refractivity (Wildman–Crippen MR) is 60.8 cm³/mol. The van der Waals surface area contributed by atoms with Crippen LogP contribution in [-0.4, -0.2) is 41.1 Å². The van der Waals surface area contributed by atoms with Crippen LogP contribution in [0.4, 0.5) is 0 Å². The summed E-state index contributed by atoms with van der Waals surface area (Å²) in [6, 6.07) is 0.591. The fraction of sp³-hybridized carbons (Fsp3) is 0.727. The Hall–Kier alpha value is -0.870. The Balaban J connectivity index is 2.10. The quantitative estimate of drug-likeness (QED) is 0.793. The number of nitrogens with two attached hydrogens (primary N) is 1. The average Bonchev–Trinajstić information content (AvgIpc) is 2.66. The normalized spacial score (nSPS) is 23.2. The minimum absolute atomic E-state index is 0.591. The van der Waals surface area contributed by atoms with Gasteiger partial charge in [-0.15, -0.1) is 0 Å². The number of imidazole rings is 1. The van der Waals surface area contributed by atoms with Crippen LogP contribution in [-0.2, 0) is 6.42 Å². The number of piperidine rings is 1. The molecule has 15 heavy (non-hydrogen) atoms. The summed E-state index contributed by atoms with van der Waals surface area (Å²) >= 11 is 0. The first-order valence-corrected chi connectivity index (χ1v) is 5.70. The highest BCUT2D eigenvalue weighted by Gasteiger charge is 2.19. The van der Waals surface area contributed by atoms with Crippen molar-refractivity contribution in [1.82, 2.24) is 14.5 Å². The maximum atomic E-state index is 5.59. The van der Waals surface area contributed by atoms with Crippen molar-refractivity contribution in [2.24, 2.45) is 5.73 Å². The highest BCUT2D eigenvalue weighted by molar-refractivity contribution is 5.02. The number of rotatable bonds is 3. The van der Waals surface area contributed by atoms with E-state index in [0.29, 0.717) is 12.6 Å². The van der Waals surface area contributed by atoms with Crippen LogP contribution >= 0.6 is 0 Å². The van der Waals surface area contributed by atoms with Gasteiger partial charge in [0.25, 0.3) is 0 Å². The molecule has 0 aromatic carbocycles. The van der Waals surface area contributed by atoms with E-state index in [1.807, 2.05) is 12.5 Å². The first-order chi connectivity index (χ1) is 7.31. The van der Waals surface area contributed by atoms with E-state index in [4.69, 9.17) is 5.73 Å². The molecule has 0 amide bonds. The smallest absolute Gasteiger partial charge is 0.0951 e. The van der Waals surface area contributed by atoms with Crippen LogP contribution < -0.4 is 5.73 Å². The van der Waals surface area contributed by atoms with Crippen LogP contribution in [0, 0.1) is 0 Å². The Morgan fingerprint density at radius 3 is 3.20 bits per heavy atom. The highest BCUT2D eigenvalue weighted by atomic mass is 15.2. The molecule has 0 saturated carbocycles. The summed E-state index contributed by atoms with van der Waals surface area (Å²) in [7, 11) is 2.19. The van der Waals surface area contributed by atoms with Gasteiger partial charge in [0, 0.05) is 30.9 Å². The number of hydrogen-bond acceptors (Lipinski definition) is 3. The van der Waals surface area contributed by atoms with Gasteiger partial charge in [-0.2, -0.15) is 0 Å². The third-order valence-corrected chi connectivity index (χ3v) is 3.14. The fourth-order valence-corrected chi connectivity index (χ4v) is 2.37. The van der Waals surface area contributed by atoms with Crippen molar-refractivity contribution >= 4 is 0 Å². The standard InChI is InChI=1S/C11H20N4/c1-14-6-2-3-11(8-14)15-9-13-7-10(15)4-5-12/h7,9,11H,2-6,8,12H2,1H3. The summed E-state index contributed by atoms with van der Waals surface area (Å²) in [6.45, 7) is 3.06. The molecule has 2 rings (SSSR count). The van der Waals surface area contributed by atoms with E-state index >= 15 is 0 Å². The molecule has 1 aliphatic heterocycles. The van der Waals surface area contributed by atoms with E-state index in [-0.39, 0.29) is 0 Å². The van der Waals surface area contributed by atoms with Gasteiger partial charge in [0.1, 0.15) is 0 Å². The van der Waals surface area contributed by atoms with Crippen molar-refractivity contribution in [1.29, 1.82) is 0 Å². The molecular weight excluding hydrogens is 188 g/mol. The molecule has 1 aromatic rings. The molecule has 4 heteroatoms. The van der Waals surface area contributed by atoms with Crippen molar-refractivity contribution < 1.29 is 0 Å². The summed E-state index contributed by atoms with van der Waals surface area (Å²) in [5.74, 6) is 0. The summed E-state index contributed by atoms with van der Waals surface area (Å²) in [6.07, 6.45) is 7.37. The van der Waals surface area contributed by atoms with Crippen LogP contribution in [0.5, 0.6) is 0 Å². The molecular formula is C11H20N4. The summed E-state index contributed by atoms with van der Waals surface area (Å²) in [5.41, 5.74) is 6.87. The minimum Gasteiger partial charge on any atom is -0.330 e. The van der Waals surface area contributed by atoms with Crippen molar-refractivity contribution in [3.63, 3.8) is 0 Å². The number of likely N-dealkylation sites (tertiary alicyclic amines) is 1. The van der Waals surface area contributed by atoms with E-state index in [0.717, 1.165) is 13.0 Å². The summed E-state index contributed by atoms with van der Waals surface area (Å²) in [4.78, 5) is 6.62. The van der Waals surface area contributed by atoms with Crippen LogP contribution in [0.25, 0.3) is 0 Å². The SMILES string of the molecule is CN1CCCC(n2cncc2CCN)C1. The molecule has 1 saturated heterocycles. The predicted octanol–water partition coefficient (Wildman–Crippen LogP) is 0.651. The monoisotopic (exact) mass is 208 g/mol. The molecule has 4 nitrogen and oxygen atoms in total. The van der Waals surface area contributed by atoms with E-state index in [1.54, 1.807) is 0 Å². The van der Waals surface area contributed by atoms with E-state index in [2.05, 4.69) is 21.5 Å². The number of hydrogen-bond donors (Lipinski definition) is 1. The zero-order valence-electron chi connectivity index (χ0n) is 9.39. The van der Waals surface area contributed by atoms with Gasteiger partial charge in [-0.3, -0.25) is 0 Å². The molecule has 0 aliphatic carbocycles. The van der Waals surface area contributed by atoms with Crippen LogP contribution in [0.2, 0.25) is 0 Å². The molecule has 2 N–H and O–H groups in total. The maximum absolute atomic E-state index is 5.59. The molecule has 2 heterocycles. The summed E-state index contributed by atoms with van der Waals surface area (Å²) in [5, 5.41) is 0.